The van der Waals surface area contributed by atoms with Gasteiger partial charge in [-0.15, -0.1) is 0 Å². The van der Waals surface area contributed by atoms with Gasteiger partial charge in [0.15, 0.2) is 0 Å². The summed E-state index contributed by atoms with van der Waals surface area (Å²) in [5.41, 5.74) is 1.84. The number of hydrogen-bond donors (Lipinski definition) is 0. The summed E-state index contributed by atoms with van der Waals surface area (Å²) < 4.78 is 0. The van der Waals surface area contributed by atoms with E-state index < -0.39 is 0 Å². The Morgan fingerprint density at radius 2 is 2.36 bits per heavy atom. The number of hydrogen-bond acceptors (Lipinski definition) is 2. The van der Waals surface area contributed by atoms with E-state index in [4.69, 9.17) is 5.26 Å². The summed E-state index contributed by atoms with van der Waals surface area (Å²) in [5.74, 6) is 1.29. The highest BCUT2D eigenvalue weighted by Gasteiger charge is 2.25. The maximum absolute atomic E-state index is 8.79. The Morgan fingerprint density at radius 3 is 3.00 bits per heavy atom. The molecular weight excluding hydrogens is 172 g/mol. The molecule has 0 amide bonds. The second-order valence-corrected chi connectivity index (χ2v) is 4.10. The molecule has 14 heavy (non-hydrogen) atoms. The zero-order chi connectivity index (χ0) is 9.97. The fourth-order valence-electron chi connectivity index (χ4n) is 2.31. The van der Waals surface area contributed by atoms with Crippen LogP contribution in [0.5, 0.6) is 0 Å². The predicted octanol–water partition coefficient (Wildman–Crippen LogP) is 2.86. The smallest absolute Gasteiger partial charge is 0.0992 e. The molecule has 0 aliphatic heterocycles. The third kappa shape index (κ3) is 1.63. The van der Waals surface area contributed by atoms with Crippen LogP contribution in [-0.2, 0) is 0 Å². The minimum absolute atomic E-state index is 0.572. The Labute approximate surface area is 84.6 Å². The van der Waals surface area contributed by atoms with E-state index in [1.165, 1.54) is 19.3 Å². The lowest BCUT2D eigenvalue weighted by atomic mass is 9.93. The third-order valence-corrected chi connectivity index (χ3v) is 3.15. The van der Waals surface area contributed by atoms with Gasteiger partial charge in [-0.2, -0.15) is 5.26 Å². The first-order chi connectivity index (χ1) is 6.81. The summed E-state index contributed by atoms with van der Waals surface area (Å²) in [6.45, 7) is 2.28. The molecule has 1 saturated carbocycles. The Kier molecular flexibility index (Phi) is 2.49. The molecule has 1 fully saturated rings. The summed E-state index contributed by atoms with van der Waals surface area (Å²) in [4.78, 5) is 4.37. The molecule has 2 atom stereocenters. The standard InChI is InChI=1S/C12H14N2/c1-9-3-2-4-11(9)12-7-10(8-13)5-6-14-12/h5-7,9,11H,2-4H2,1H3. The quantitative estimate of drug-likeness (QED) is 0.676. The Bertz CT molecular complexity index is 365. The maximum Gasteiger partial charge on any atom is 0.0992 e. The van der Waals surface area contributed by atoms with Crippen LogP contribution >= 0.6 is 0 Å². The number of nitriles is 1. The van der Waals surface area contributed by atoms with Crippen LogP contribution in [0.3, 0.4) is 0 Å². The molecule has 0 saturated heterocycles. The van der Waals surface area contributed by atoms with Crippen molar-refractivity contribution in [3.8, 4) is 6.07 Å². The normalized spacial score (nSPS) is 26.0. The molecule has 0 bridgehead atoms. The number of pyridine rings is 1. The number of nitrogens with zero attached hydrogens (tertiary/aromatic N) is 2. The van der Waals surface area contributed by atoms with Gasteiger partial charge in [0.25, 0.3) is 0 Å². The van der Waals surface area contributed by atoms with E-state index in [9.17, 15) is 0 Å². The average Bonchev–Trinajstić information content (AvgIpc) is 2.65. The van der Waals surface area contributed by atoms with E-state index in [1.54, 1.807) is 12.3 Å². The monoisotopic (exact) mass is 186 g/mol. The Morgan fingerprint density at radius 1 is 1.50 bits per heavy atom. The fraction of sp³-hybridized carbons (Fsp3) is 0.500. The summed E-state index contributed by atoms with van der Waals surface area (Å²) in [6, 6.07) is 5.87. The van der Waals surface area contributed by atoms with E-state index in [-0.39, 0.29) is 0 Å². The van der Waals surface area contributed by atoms with Crippen molar-refractivity contribution in [2.24, 2.45) is 5.92 Å². The molecule has 0 N–H and O–H groups in total. The Hall–Kier alpha value is -1.36. The van der Waals surface area contributed by atoms with Crippen LogP contribution in [0.15, 0.2) is 18.3 Å². The molecule has 1 aliphatic carbocycles. The highest BCUT2D eigenvalue weighted by atomic mass is 14.7. The predicted molar refractivity (Wildman–Crippen MR) is 54.7 cm³/mol. The van der Waals surface area contributed by atoms with Crippen LogP contribution in [-0.4, -0.2) is 4.98 Å². The van der Waals surface area contributed by atoms with Gasteiger partial charge in [-0.05, 0) is 24.5 Å². The molecule has 2 nitrogen and oxygen atoms in total. The first-order valence-corrected chi connectivity index (χ1v) is 5.17. The summed E-state index contributed by atoms with van der Waals surface area (Å²) in [6.07, 6.45) is 5.56. The highest BCUT2D eigenvalue weighted by Crippen LogP contribution is 2.38. The van der Waals surface area contributed by atoms with Gasteiger partial charge in [0.2, 0.25) is 0 Å². The summed E-state index contributed by atoms with van der Waals surface area (Å²) >= 11 is 0. The lowest BCUT2D eigenvalue weighted by molar-refractivity contribution is 0.522. The van der Waals surface area contributed by atoms with Crippen LogP contribution < -0.4 is 0 Å². The van der Waals surface area contributed by atoms with Crippen LogP contribution in [0.4, 0.5) is 0 Å². The molecule has 1 heterocycles. The van der Waals surface area contributed by atoms with Gasteiger partial charge < -0.3 is 0 Å². The first kappa shape index (κ1) is 9.21. The topological polar surface area (TPSA) is 36.7 Å². The molecule has 0 spiro atoms. The molecule has 1 aromatic rings. The lowest BCUT2D eigenvalue weighted by Crippen LogP contribution is -2.04. The fourth-order valence-corrected chi connectivity index (χ4v) is 2.31. The van der Waals surface area contributed by atoms with Crippen molar-refractivity contribution in [3.05, 3.63) is 29.6 Å². The Balaban J connectivity index is 2.28. The highest BCUT2D eigenvalue weighted by molar-refractivity contribution is 5.30. The van der Waals surface area contributed by atoms with E-state index >= 15 is 0 Å². The van der Waals surface area contributed by atoms with Gasteiger partial charge in [0.1, 0.15) is 0 Å². The van der Waals surface area contributed by atoms with Gasteiger partial charge in [0.05, 0.1) is 11.6 Å². The average molecular weight is 186 g/mol. The lowest BCUT2D eigenvalue weighted by Gasteiger charge is -2.14. The molecule has 2 rings (SSSR count). The molecule has 2 heteroatoms. The maximum atomic E-state index is 8.79. The van der Waals surface area contributed by atoms with E-state index in [0.29, 0.717) is 5.92 Å². The van der Waals surface area contributed by atoms with Crippen molar-refractivity contribution in [1.29, 1.82) is 5.26 Å². The van der Waals surface area contributed by atoms with Gasteiger partial charge in [0, 0.05) is 17.8 Å². The largest absolute Gasteiger partial charge is 0.261 e. The van der Waals surface area contributed by atoms with E-state index in [0.717, 1.165) is 17.2 Å². The van der Waals surface area contributed by atoms with Crippen LogP contribution in [0.2, 0.25) is 0 Å². The van der Waals surface area contributed by atoms with Crippen molar-refractivity contribution in [2.75, 3.05) is 0 Å². The molecular formula is C12H14N2. The zero-order valence-electron chi connectivity index (χ0n) is 8.40. The summed E-state index contributed by atoms with van der Waals surface area (Å²) in [5, 5.41) is 8.79. The van der Waals surface area contributed by atoms with E-state index in [1.807, 2.05) is 6.07 Å². The minimum Gasteiger partial charge on any atom is -0.261 e. The first-order valence-electron chi connectivity index (χ1n) is 5.17. The summed E-state index contributed by atoms with van der Waals surface area (Å²) in [7, 11) is 0. The van der Waals surface area contributed by atoms with Crippen molar-refractivity contribution in [3.63, 3.8) is 0 Å². The van der Waals surface area contributed by atoms with Crippen LogP contribution in [0.1, 0.15) is 43.4 Å². The molecule has 1 aliphatic rings. The van der Waals surface area contributed by atoms with Crippen molar-refractivity contribution in [1.82, 2.24) is 4.98 Å². The van der Waals surface area contributed by atoms with Crippen LogP contribution in [0, 0.1) is 17.2 Å². The number of aromatic nitrogens is 1. The van der Waals surface area contributed by atoms with Gasteiger partial charge in [-0.1, -0.05) is 19.8 Å². The van der Waals surface area contributed by atoms with Crippen LogP contribution in [0.25, 0.3) is 0 Å². The molecule has 0 aromatic carbocycles. The van der Waals surface area contributed by atoms with E-state index in [2.05, 4.69) is 18.0 Å². The minimum atomic E-state index is 0.572. The van der Waals surface area contributed by atoms with Crippen molar-refractivity contribution < 1.29 is 0 Å². The van der Waals surface area contributed by atoms with Gasteiger partial charge in [-0.3, -0.25) is 4.98 Å². The SMILES string of the molecule is CC1CCCC1c1cc(C#N)ccn1. The zero-order valence-corrected chi connectivity index (χ0v) is 8.40. The molecule has 1 aromatic heterocycles. The molecule has 0 radical (unpaired) electrons. The molecule has 2 unspecified atom stereocenters. The van der Waals surface area contributed by atoms with Gasteiger partial charge in [-0.25, -0.2) is 0 Å². The molecule has 72 valence electrons. The second kappa shape index (κ2) is 3.79. The van der Waals surface area contributed by atoms with Gasteiger partial charge >= 0.3 is 0 Å². The third-order valence-electron chi connectivity index (χ3n) is 3.15. The van der Waals surface area contributed by atoms with Crippen molar-refractivity contribution in [2.45, 2.75) is 32.1 Å². The van der Waals surface area contributed by atoms with Crippen molar-refractivity contribution >= 4 is 0 Å². The number of rotatable bonds is 1. The second-order valence-electron chi connectivity index (χ2n) is 4.10.